The Bertz CT molecular complexity index is 1470. The van der Waals surface area contributed by atoms with Crippen LogP contribution in [0.5, 0.6) is 5.75 Å². The van der Waals surface area contributed by atoms with Crippen molar-refractivity contribution in [3.8, 4) is 5.75 Å². The predicted octanol–water partition coefficient (Wildman–Crippen LogP) is 5.90. The first-order valence-corrected chi connectivity index (χ1v) is 11.6. The largest absolute Gasteiger partial charge is 0.470 e. The van der Waals surface area contributed by atoms with Crippen LogP contribution < -0.4 is 10.1 Å². The summed E-state index contributed by atoms with van der Waals surface area (Å²) >= 11 is 18.3. The highest BCUT2D eigenvalue weighted by atomic mass is 35.5. The van der Waals surface area contributed by atoms with Crippen molar-refractivity contribution in [1.82, 2.24) is 19.6 Å². The smallest absolute Gasteiger partial charge is 0.276 e. The van der Waals surface area contributed by atoms with Crippen molar-refractivity contribution < 1.29 is 14.5 Å². The number of aryl methyl sites for hydroxylation is 1. The zero-order chi connectivity index (χ0) is 26.0. The van der Waals surface area contributed by atoms with Crippen LogP contribution in [0.2, 0.25) is 15.1 Å². The fraction of sp³-hybridized carbons (Fsp3) is 0.174. The number of nitrogens with zero attached hydrogens (tertiary/aromatic N) is 5. The SMILES string of the molecule is Cc1nn(Cc2ccc(Cl)cc2Cl)c(C)c1NC(=O)c1ccn(COc2ccc([N+](=O)[O-])cc2Cl)n1. The third-order valence-corrected chi connectivity index (χ3v) is 6.19. The lowest BCUT2D eigenvalue weighted by molar-refractivity contribution is -0.384. The first-order chi connectivity index (χ1) is 17.1. The van der Waals surface area contributed by atoms with Crippen LogP contribution in [0.1, 0.15) is 27.4 Å². The minimum Gasteiger partial charge on any atom is -0.470 e. The molecule has 1 amide bonds. The van der Waals surface area contributed by atoms with Crippen molar-refractivity contribution in [2.45, 2.75) is 27.1 Å². The van der Waals surface area contributed by atoms with E-state index in [2.05, 4.69) is 15.5 Å². The molecule has 2 aromatic carbocycles. The maximum absolute atomic E-state index is 12.8. The first kappa shape index (κ1) is 25.5. The zero-order valence-electron chi connectivity index (χ0n) is 19.0. The van der Waals surface area contributed by atoms with Crippen molar-refractivity contribution in [1.29, 1.82) is 0 Å². The quantitative estimate of drug-likeness (QED) is 0.216. The molecule has 186 valence electrons. The number of ether oxygens (including phenoxy) is 1. The van der Waals surface area contributed by atoms with Gasteiger partial charge in [-0.15, -0.1) is 0 Å². The highest BCUT2D eigenvalue weighted by Crippen LogP contribution is 2.29. The van der Waals surface area contributed by atoms with Crippen LogP contribution in [0.3, 0.4) is 0 Å². The number of nitrogens with one attached hydrogen (secondary N) is 1. The summed E-state index contributed by atoms with van der Waals surface area (Å²) in [4.78, 5) is 23.1. The zero-order valence-corrected chi connectivity index (χ0v) is 21.3. The van der Waals surface area contributed by atoms with Gasteiger partial charge in [-0.2, -0.15) is 10.2 Å². The molecule has 13 heteroatoms. The molecule has 10 nitrogen and oxygen atoms in total. The molecule has 4 rings (SSSR count). The second-order valence-corrected chi connectivity index (χ2v) is 9.03. The number of benzene rings is 2. The van der Waals surface area contributed by atoms with Crippen molar-refractivity contribution in [2.24, 2.45) is 0 Å². The molecule has 36 heavy (non-hydrogen) atoms. The fourth-order valence-corrected chi connectivity index (χ4v) is 4.13. The van der Waals surface area contributed by atoms with Gasteiger partial charge < -0.3 is 10.1 Å². The molecule has 0 unspecified atom stereocenters. The number of carbonyl (C=O) groups is 1. The minimum absolute atomic E-state index is 0.0529. The molecule has 0 aliphatic heterocycles. The summed E-state index contributed by atoms with van der Waals surface area (Å²) in [5.41, 5.74) is 2.84. The lowest BCUT2D eigenvalue weighted by Crippen LogP contribution is -2.15. The van der Waals surface area contributed by atoms with Crippen LogP contribution in [0.15, 0.2) is 48.7 Å². The van der Waals surface area contributed by atoms with E-state index in [-0.39, 0.29) is 28.9 Å². The fourth-order valence-electron chi connectivity index (χ4n) is 3.43. The number of aromatic nitrogens is 4. The Kier molecular flexibility index (Phi) is 7.48. The number of halogens is 3. The summed E-state index contributed by atoms with van der Waals surface area (Å²) in [7, 11) is 0. The lowest BCUT2D eigenvalue weighted by atomic mass is 10.2. The number of hydrogen-bond donors (Lipinski definition) is 1. The Balaban J connectivity index is 1.42. The summed E-state index contributed by atoms with van der Waals surface area (Å²) < 4.78 is 8.72. The van der Waals surface area contributed by atoms with E-state index in [9.17, 15) is 14.9 Å². The second kappa shape index (κ2) is 10.6. The van der Waals surface area contributed by atoms with Crippen LogP contribution in [0.4, 0.5) is 11.4 Å². The predicted molar refractivity (Wildman–Crippen MR) is 136 cm³/mol. The Morgan fingerprint density at radius 3 is 2.56 bits per heavy atom. The third-order valence-electron chi connectivity index (χ3n) is 5.31. The van der Waals surface area contributed by atoms with Crippen LogP contribution in [-0.4, -0.2) is 30.4 Å². The Morgan fingerprint density at radius 2 is 1.86 bits per heavy atom. The van der Waals surface area contributed by atoms with E-state index < -0.39 is 10.8 Å². The molecule has 0 bridgehead atoms. The summed E-state index contributed by atoms with van der Waals surface area (Å²) in [6.07, 6.45) is 1.57. The minimum atomic E-state index is -0.548. The van der Waals surface area contributed by atoms with Crippen molar-refractivity contribution in [2.75, 3.05) is 5.32 Å². The van der Waals surface area contributed by atoms with Gasteiger partial charge in [-0.3, -0.25) is 19.6 Å². The summed E-state index contributed by atoms with van der Waals surface area (Å²) in [6.45, 7) is 4.00. The lowest BCUT2D eigenvalue weighted by Gasteiger charge is -2.09. The monoisotopic (exact) mass is 548 g/mol. The highest BCUT2D eigenvalue weighted by molar-refractivity contribution is 6.35. The van der Waals surface area contributed by atoms with E-state index in [1.807, 2.05) is 13.0 Å². The first-order valence-electron chi connectivity index (χ1n) is 10.5. The number of carbonyl (C=O) groups excluding carboxylic acids is 1. The summed E-state index contributed by atoms with van der Waals surface area (Å²) in [5, 5.41) is 23.6. The van der Waals surface area contributed by atoms with Gasteiger partial charge in [0.05, 0.1) is 33.6 Å². The molecule has 2 aromatic heterocycles. The molecule has 0 fully saturated rings. The molecule has 0 radical (unpaired) electrons. The molecular formula is C23H19Cl3N6O4. The van der Waals surface area contributed by atoms with Gasteiger partial charge >= 0.3 is 0 Å². The van der Waals surface area contributed by atoms with E-state index in [0.29, 0.717) is 28.0 Å². The maximum Gasteiger partial charge on any atom is 0.276 e. The van der Waals surface area contributed by atoms with Gasteiger partial charge in [0.2, 0.25) is 0 Å². The normalized spacial score (nSPS) is 10.9. The molecule has 0 saturated carbocycles. The van der Waals surface area contributed by atoms with Gasteiger partial charge in [0.1, 0.15) is 5.75 Å². The number of nitro groups is 1. The molecule has 0 aliphatic carbocycles. The number of non-ortho nitro benzene ring substituents is 1. The summed E-state index contributed by atoms with van der Waals surface area (Å²) in [5.74, 6) is -0.166. The molecule has 2 heterocycles. The molecule has 0 aliphatic rings. The van der Waals surface area contributed by atoms with Crippen molar-refractivity contribution >= 4 is 52.1 Å². The van der Waals surface area contributed by atoms with Gasteiger partial charge in [-0.1, -0.05) is 40.9 Å². The van der Waals surface area contributed by atoms with Gasteiger partial charge in [0.15, 0.2) is 12.4 Å². The molecule has 0 spiro atoms. The molecule has 0 saturated heterocycles. The molecule has 1 N–H and O–H groups in total. The number of anilines is 1. The standard InChI is InChI=1S/C23H19Cl3N6O4/c1-13-22(14(2)31(28-13)11-15-3-4-16(24)9-18(15)25)27-23(33)20-7-8-30(29-20)12-36-21-6-5-17(32(34)35)10-19(21)26/h3-10H,11-12H2,1-2H3,(H,27,33). The summed E-state index contributed by atoms with van der Waals surface area (Å²) in [6, 6.07) is 10.7. The third kappa shape index (κ3) is 5.62. The van der Waals surface area contributed by atoms with E-state index in [1.165, 1.54) is 22.9 Å². The Hall–Kier alpha value is -3.60. The number of hydrogen-bond acceptors (Lipinski definition) is 6. The van der Waals surface area contributed by atoms with Gasteiger partial charge in [0, 0.05) is 28.4 Å². The second-order valence-electron chi connectivity index (χ2n) is 7.78. The van der Waals surface area contributed by atoms with Crippen LogP contribution in [0.25, 0.3) is 0 Å². The van der Waals surface area contributed by atoms with Gasteiger partial charge in [-0.25, -0.2) is 4.68 Å². The highest BCUT2D eigenvalue weighted by Gasteiger charge is 2.18. The van der Waals surface area contributed by atoms with E-state index in [0.717, 1.165) is 11.3 Å². The number of rotatable bonds is 8. The van der Waals surface area contributed by atoms with Crippen LogP contribution in [-0.2, 0) is 13.3 Å². The topological polar surface area (TPSA) is 117 Å². The van der Waals surface area contributed by atoms with Crippen LogP contribution in [0, 0.1) is 24.0 Å². The molecule has 4 aromatic rings. The molecular weight excluding hydrogens is 531 g/mol. The van der Waals surface area contributed by atoms with Gasteiger partial charge in [0.25, 0.3) is 11.6 Å². The van der Waals surface area contributed by atoms with E-state index in [1.54, 1.807) is 36.0 Å². The van der Waals surface area contributed by atoms with Crippen molar-refractivity contribution in [3.05, 3.63) is 96.5 Å². The maximum atomic E-state index is 12.8. The van der Waals surface area contributed by atoms with E-state index >= 15 is 0 Å². The number of amides is 1. The van der Waals surface area contributed by atoms with E-state index in [4.69, 9.17) is 39.5 Å². The molecule has 0 atom stereocenters. The van der Waals surface area contributed by atoms with Crippen LogP contribution >= 0.6 is 34.8 Å². The Morgan fingerprint density at radius 1 is 1.08 bits per heavy atom. The number of nitro benzene ring substituents is 1. The average Bonchev–Trinajstić information content (AvgIpc) is 3.40. The van der Waals surface area contributed by atoms with Crippen molar-refractivity contribution in [3.63, 3.8) is 0 Å². The Labute approximate surface area is 220 Å². The average molecular weight is 550 g/mol. The van der Waals surface area contributed by atoms with Gasteiger partial charge in [-0.05, 0) is 43.7 Å².